The van der Waals surface area contributed by atoms with Crippen LogP contribution in [0, 0.1) is 0 Å². The zero-order valence-electron chi connectivity index (χ0n) is 7.62. The summed E-state index contributed by atoms with van der Waals surface area (Å²) in [5, 5.41) is 9.54. The highest BCUT2D eigenvalue weighted by Gasteiger charge is 2.17. The predicted molar refractivity (Wildman–Crippen MR) is 56.3 cm³/mol. The Labute approximate surface area is 87.3 Å². The van der Waals surface area contributed by atoms with E-state index in [0.717, 1.165) is 4.90 Å². The third-order valence-electron chi connectivity index (χ3n) is 1.47. The van der Waals surface area contributed by atoms with Crippen LogP contribution in [0.2, 0.25) is 5.15 Å². The molecule has 0 aliphatic heterocycles. The summed E-state index contributed by atoms with van der Waals surface area (Å²) in [6, 6.07) is 3.68. The van der Waals surface area contributed by atoms with Crippen LogP contribution in [0.15, 0.2) is 23.2 Å². The van der Waals surface area contributed by atoms with Gasteiger partial charge in [0.05, 0.1) is 6.61 Å². The molecule has 1 heterocycles. The van der Waals surface area contributed by atoms with Gasteiger partial charge in [0.2, 0.25) is 0 Å². The van der Waals surface area contributed by atoms with Crippen LogP contribution in [0.3, 0.4) is 0 Å². The maximum absolute atomic E-state index is 9.06. The number of hydrogen-bond donors (Lipinski definition) is 1. The lowest BCUT2D eigenvalue weighted by atomic mass is 10.2. The van der Waals surface area contributed by atoms with Crippen LogP contribution in [0.5, 0.6) is 0 Å². The Morgan fingerprint density at radius 3 is 2.85 bits per heavy atom. The molecule has 4 heteroatoms. The second-order valence-electron chi connectivity index (χ2n) is 3.33. The minimum absolute atomic E-state index is 0.137. The van der Waals surface area contributed by atoms with Crippen molar-refractivity contribution in [3.63, 3.8) is 0 Å². The van der Waals surface area contributed by atoms with Gasteiger partial charge in [-0.1, -0.05) is 11.6 Å². The summed E-state index contributed by atoms with van der Waals surface area (Å²) < 4.78 is -0.176. The molecule has 1 rings (SSSR count). The average Bonchev–Trinajstić information content (AvgIpc) is 2.03. The summed E-state index contributed by atoms with van der Waals surface area (Å²) >= 11 is 7.32. The Morgan fingerprint density at radius 1 is 1.62 bits per heavy atom. The van der Waals surface area contributed by atoms with E-state index < -0.39 is 0 Å². The maximum Gasteiger partial charge on any atom is 0.130 e. The minimum atomic E-state index is -0.176. The van der Waals surface area contributed by atoms with Crippen molar-refractivity contribution in [1.29, 1.82) is 0 Å². The lowest BCUT2D eigenvalue weighted by Crippen LogP contribution is -2.19. The molecule has 0 saturated heterocycles. The van der Waals surface area contributed by atoms with E-state index >= 15 is 0 Å². The topological polar surface area (TPSA) is 33.1 Å². The average molecular weight is 218 g/mol. The molecule has 72 valence electrons. The van der Waals surface area contributed by atoms with Crippen molar-refractivity contribution in [3.8, 4) is 0 Å². The van der Waals surface area contributed by atoms with Crippen molar-refractivity contribution in [3.05, 3.63) is 23.5 Å². The second kappa shape index (κ2) is 4.31. The molecular weight excluding hydrogens is 206 g/mol. The van der Waals surface area contributed by atoms with Crippen LogP contribution in [0.1, 0.15) is 13.8 Å². The van der Waals surface area contributed by atoms with Crippen LogP contribution in [-0.2, 0) is 0 Å². The van der Waals surface area contributed by atoms with Gasteiger partial charge in [0.1, 0.15) is 5.15 Å². The molecule has 1 aromatic rings. The molecule has 0 amide bonds. The SMILES string of the molecule is CC(C)(CO)Sc1ccnc(Cl)c1. The number of hydrogen-bond acceptors (Lipinski definition) is 3. The minimum Gasteiger partial charge on any atom is -0.395 e. The molecule has 0 aliphatic rings. The van der Waals surface area contributed by atoms with Crippen molar-refractivity contribution >= 4 is 23.4 Å². The third-order valence-corrected chi connectivity index (χ3v) is 2.85. The summed E-state index contributed by atoms with van der Waals surface area (Å²) in [7, 11) is 0. The molecule has 0 atom stereocenters. The fourth-order valence-corrected chi connectivity index (χ4v) is 2.04. The van der Waals surface area contributed by atoms with Crippen LogP contribution in [0.25, 0.3) is 0 Å². The van der Waals surface area contributed by atoms with Gasteiger partial charge in [0.15, 0.2) is 0 Å². The zero-order valence-corrected chi connectivity index (χ0v) is 9.19. The molecule has 1 N–H and O–H groups in total. The Morgan fingerprint density at radius 2 is 2.31 bits per heavy atom. The van der Waals surface area contributed by atoms with E-state index in [9.17, 15) is 0 Å². The number of rotatable bonds is 3. The fraction of sp³-hybridized carbons (Fsp3) is 0.444. The lowest BCUT2D eigenvalue weighted by Gasteiger charge is -2.20. The van der Waals surface area contributed by atoms with Gasteiger partial charge in [-0.25, -0.2) is 4.98 Å². The molecule has 0 spiro atoms. The largest absolute Gasteiger partial charge is 0.395 e. The number of nitrogens with zero attached hydrogens (tertiary/aromatic N) is 1. The van der Waals surface area contributed by atoms with Gasteiger partial charge >= 0.3 is 0 Å². The summed E-state index contributed by atoms with van der Waals surface area (Å²) in [6.45, 7) is 4.09. The summed E-state index contributed by atoms with van der Waals surface area (Å²) in [4.78, 5) is 4.91. The van der Waals surface area contributed by atoms with E-state index in [0.29, 0.717) is 5.15 Å². The van der Waals surface area contributed by atoms with Gasteiger partial charge in [0.25, 0.3) is 0 Å². The second-order valence-corrected chi connectivity index (χ2v) is 5.50. The Balaban J connectivity index is 2.74. The van der Waals surface area contributed by atoms with E-state index in [2.05, 4.69) is 4.98 Å². The molecule has 0 bridgehead atoms. The number of aliphatic hydroxyl groups is 1. The van der Waals surface area contributed by atoms with Crippen LogP contribution < -0.4 is 0 Å². The number of thioether (sulfide) groups is 1. The Hall–Kier alpha value is -0.250. The highest BCUT2D eigenvalue weighted by molar-refractivity contribution is 8.00. The number of aliphatic hydroxyl groups excluding tert-OH is 1. The summed E-state index contributed by atoms with van der Waals surface area (Å²) in [6.07, 6.45) is 1.66. The first-order chi connectivity index (χ1) is 6.03. The normalized spacial score (nSPS) is 11.7. The van der Waals surface area contributed by atoms with Gasteiger partial charge in [0, 0.05) is 15.8 Å². The first kappa shape index (κ1) is 10.8. The summed E-state index contributed by atoms with van der Waals surface area (Å²) in [5.41, 5.74) is 0. The van der Waals surface area contributed by atoms with E-state index in [1.54, 1.807) is 24.0 Å². The molecule has 0 radical (unpaired) electrons. The van der Waals surface area contributed by atoms with Crippen LogP contribution >= 0.6 is 23.4 Å². The molecule has 0 aromatic carbocycles. The van der Waals surface area contributed by atoms with Gasteiger partial charge < -0.3 is 5.11 Å². The fourth-order valence-electron chi connectivity index (χ4n) is 0.799. The van der Waals surface area contributed by atoms with Crippen molar-refractivity contribution in [2.45, 2.75) is 23.5 Å². The Bertz CT molecular complexity index is 291. The molecule has 0 fully saturated rings. The molecule has 1 aromatic heterocycles. The van der Waals surface area contributed by atoms with Crippen molar-refractivity contribution in [2.24, 2.45) is 0 Å². The van der Waals surface area contributed by atoms with Crippen LogP contribution in [-0.4, -0.2) is 21.4 Å². The first-order valence-corrected chi connectivity index (χ1v) is 5.14. The molecule has 0 saturated carbocycles. The van der Waals surface area contributed by atoms with Crippen molar-refractivity contribution in [1.82, 2.24) is 4.98 Å². The summed E-state index contributed by atoms with van der Waals surface area (Å²) in [5.74, 6) is 0. The smallest absolute Gasteiger partial charge is 0.130 e. The maximum atomic E-state index is 9.06. The standard InChI is InChI=1S/C9H12ClNOS/c1-9(2,6-12)13-7-3-4-11-8(10)5-7/h3-5,12H,6H2,1-2H3. The van der Waals surface area contributed by atoms with Gasteiger partial charge in [-0.05, 0) is 26.0 Å². The van der Waals surface area contributed by atoms with Gasteiger partial charge in [-0.3, -0.25) is 0 Å². The predicted octanol–water partition coefficient (Wildman–Crippen LogP) is 2.60. The molecule has 2 nitrogen and oxygen atoms in total. The Kier molecular flexibility index (Phi) is 3.59. The lowest BCUT2D eigenvalue weighted by molar-refractivity contribution is 0.265. The number of halogens is 1. The van der Waals surface area contributed by atoms with E-state index in [4.69, 9.17) is 16.7 Å². The number of aromatic nitrogens is 1. The van der Waals surface area contributed by atoms with E-state index in [-0.39, 0.29) is 11.4 Å². The first-order valence-electron chi connectivity index (χ1n) is 3.95. The number of pyridine rings is 1. The van der Waals surface area contributed by atoms with Gasteiger partial charge in [-0.2, -0.15) is 0 Å². The molecule has 0 aliphatic carbocycles. The third kappa shape index (κ3) is 3.55. The highest BCUT2D eigenvalue weighted by Crippen LogP contribution is 2.32. The molecular formula is C9H12ClNOS. The quantitative estimate of drug-likeness (QED) is 0.624. The molecule has 13 heavy (non-hydrogen) atoms. The zero-order chi connectivity index (χ0) is 9.90. The monoisotopic (exact) mass is 217 g/mol. The highest BCUT2D eigenvalue weighted by atomic mass is 35.5. The molecule has 0 unspecified atom stereocenters. The van der Waals surface area contributed by atoms with Crippen LogP contribution in [0.4, 0.5) is 0 Å². The van der Waals surface area contributed by atoms with Crippen molar-refractivity contribution < 1.29 is 5.11 Å². The van der Waals surface area contributed by atoms with Crippen molar-refractivity contribution in [2.75, 3.05) is 6.61 Å². The van der Waals surface area contributed by atoms with Gasteiger partial charge in [-0.15, -0.1) is 11.8 Å². The van der Waals surface area contributed by atoms with E-state index in [1.165, 1.54) is 0 Å². The van der Waals surface area contributed by atoms with E-state index in [1.807, 2.05) is 19.9 Å².